The summed E-state index contributed by atoms with van der Waals surface area (Å²) in [6, 6.07) is 10.6. The van der Waals surface area contributed by atoms with Crippen LogP contribution in [0.1, 0.15) is 18.4 Å². The minimum absolute atomic E-state index is 0.0523. The molecular weight excluding hydrogens is 342 g/mol. The van der Waals surface area contributed by atoms with Crippen LogP contribution in [0.3, 0.4) is 0 Å². The van der Waals surface area contributed by atoms with Crippen molar-refractivity contribution in [2.24, 2.45) is 0 Å². The van der Waals surface area contributed by atoms with Gasteiger partial charge in [0.2, 0.25) is 0 Å². The number of hydrogen-bond acceptors (Lipinski definition) is 5. The fraction of sp³-hybridized carbons (Fsp3) is 0.176. The molecule has 3 rings (SSSR count). The van der Waals surface area contributed by atoms with Crippen molar-refractivity contribution in [3.05, 3.63) is 42.0 Å². The molecule has 0 atom stereocenters. The first-order chi connectivity index (χ1) is 11.9. The number of allylic oxidation sites excluding steroid dienone is 1. The number of nitrogens with one attached hydrogen (secondary N) is 1. The minimum atomic E-state index is -3.98. The summed E-state index contributed by atoms with van der Waals surface area (Å²) in [5.74, 6) is -0.862. The van der Waals surface area contributed by atoms with Gasteiger partial charge in [-0.05, 0) is 41.0 Å². The van der Waals surface area contributed by atoms with Crippen LogP contribution in [0.25, 0.3) is 16.8 Å². The van der Waals surface area contributed by atoms with Crippen LogP contribution in [0.2, 0.25) is 0 Å². The Kier molecular flexibility index (Phi) is 4.33. The predicted molar refractivity (Wildman–Crippen MR) is 93.9 cm³/mol. The normalized spacial score (nSPS) is 16.3. The first kappa shape index (κ1) is 16.8. The summed E-state index contributed by atoms with van der Waals surface area (Å²) in [4.78, 5) is 11.4. The van der Waals surface area contributed by atoms with Crippen LogP contribution in [-0.4, -0.2) is 26.0 Å². The number of anilines is 1. The zero-order valence-corrected chi connectivity index (χ0v) is 14.0. The fourth-order valence-electron chi connectivity index (χ4n) is 2.62. The number of nitrogens with zero attached hydrogens (tertiary/aromatic N) is 2. The molecular formula is C17H15N3O4S. The third-order valence-corrected chi connectivity index (χ3v) is 5.17. The summed E-state index contributed by atoms with van der Waals surface area (Å²) in [7, 11) is -3.98. The van der Waals surface area contributed by atoms with Crippen LogP contribution >= 0.6 is 0 Å². The van der Waals surface area contributed by atoms with Crippen molar-refractivity contribution in [1.82, 2.24) is 4.72 Å². The van der Waals surface area contributed by atoms with Gasteiger partial charge in [0.05, 0.1) is 11.8 Å². The number of unbranched alkanes of at least 4 members (excludes halogenated alkanes) is 1. The van der Waals surface area contributed by atoms with E-state index < -0.39 is 16.1 Å². The Hall–Kier alpha value is -3.05. The van der Waals surface area contributed by atoms with Crippen LogP contribution in [0, 0.1) is 11.3 Å². The maximum atomic E-state index is 12.0. The summed E-state index contributed by atoms with van der Waals surface area (Å²) in [6.07, 6.45) is 4.85. The highest BCUT2D eigenvalue weighted by Crippen LogP contribution is 2.35. The predicted octanol–water partition coefficient (Wildman–Crippen LogP) is 2.04. The largest absolute Gasteiger partial charge is 0.506 e. The van der Waals surface area contributed by atoms with Gasteiger partial charge in [-0.15, -0.1) is 0 Å². The number of carbonyl (C=O) groups is 1. The number of hydrogen-bond donors (Lipinski definition) is 2. The van der Waals surface area contributed by atoms with Gasteiger partial charge in [0.15, 0.2) is 0 Å². The number of rotatable bonds is 4. The first-order valence-corrected chi connectivity index (χ1v) is 8.98. The SMILES string of the molecule is N#CCCC=Cc1ccc2cc(O)c(N3CC(=O)NS3(=O)=O)cc2c1. The van der Waals surface area contributed by atoms with Crippen molar-refractivity contribution in [2.45, 2.75) is 12.8 Å². The molecule has 7 nitrogen and oxygen atoms in total. The van der Waals surface area contributed by atoms with Crippen molar-refractivity contribution in [1.29, 1.82) is 5.26 Å². The Morgan fingerprint density at radius 1 is 1.28 bits per heavy atom. The average molecular weight is 357 g/mol. The summed E-state index contributed by atoms with van der Waals surface area (Å²) in [6.45, 7) is -0.366. The zero-order valence-electron chi connectivity index (χ0n) is 13.1. The number of benzene rings is 2. The van der Waals surface area contributed by atoms with Crippen molar-refractivity contribution in [3.63, 3.8) is 0 Å². The lowest BCUT2D eigenvalue weighted by molar-refractivity contribution is -0.117. The molecule has 1 amide bonds. The number of fused-ring (bicyclic) bond motifs is 1. The third-order valence-electron chi connectivity index (χ3n) is 3.78. The molecule has 0 bridgehead atoms. The molecule has 25 heavy (non-hydrogen) atoms. The number of carbonyl (C=O) groups excluding carboxylic acids is 1. The first-order valence-electron chi connectivity index (χ1n) is 7.54. The number of phenols is 1. The lowest BCUT2D eigenvalue weighted by Gasteiger charge is -2.17. The van der Waals surface area contributed by atoms with Gasteiger partial charge in [-0.3, -0.25) is 4.79 Å². The number of phenolic OH excluding ortho intramolecular Hbond substituents is 1. The lowest BCUT2D eigenvalue weighted by atomic mass is 10.0. The van der Waals surface area contributed by atoms with Crippen molar-refractivity contribution in [3.8, 4) is 11.8 Å². The Morgan fingerprint density at radius 3 is 2.76 bits per heavy atom. The highest BCUT2D eigenvalue weighted by Gasteiger charge is 2.35. The van der Waals surface area contributed by atoms with Crippen molar-refractivity contribution >= 4 is 38.7 Å². The van der Waals surface area contributed by atoms with E-state index in [1.165, 1.54) is 12.1 Å². The quantitative estimate of drug-likeness (QED) is 0.814. The molecule has 1 saturated heterocycles. The zero-order chi connectivity index (χ0) is 18.0. The van der Waals surface area contributed by atoms with E-state index in [0.717, 1.165) is 20.6 Å². The molecule has 2 aromatic rings. The summed E-state index contributed by atoms with van der Waals surface area (Å²) >= 11 is 0. The molecule has 1 heterocycles. The molecule has 0 saturated carbocycles. The smallest absolute Gasteiger partial charge is 0.326 e. The molecule has 128 valence electrons. The Morgan fingerprint density at radius 2 is 2.08 bits per heavy atom. The monoisotopic (exact) mass is 357 g/mol. The molecule has 2 aromatic carbocycles. The van der Waals surface area contributed by atoms with Crippen molar-refractivity contribution < 1.29 is 18.3 Å². The van der Waals surface area contributed by atoms with E-state index in [-0.39, 0.29) is 18.0 Å². The molecule has 1 fully saturated rings. The number of amides is 1. The molecule has 2 N–H and O–H groups in total. The van der Waals surface area contributed by atoms with Gasteiger partial charge >= 0.3 is 10.2 Å². The maximum Gasteiger partial charge on any atom is 0.326 e. The van der Waals surface area contributed by atoms with Crippen LogP contribution < -0.4 is 9.03 Å². The van der Waals surface area contributed by atoms with Crippen LogP contribution in [0.5, 0.6) is 5.75 Å². The van der Waals surface area contributed by atoms with E-state index in [9.17, 15) is 18.3 Å². The van der Waals surface area contributed by atoms with Crippen LogP contribution in [0.4, 0.5) is 5.69 Å². The molecule has 1 aliphatic heterocycles. The molecule has 0 spiro atoms. The topological polar surface area (TPSA) is 110 Å². The second-order valence-electron chi connectivity index (χ2n) is 5.58. The van der Waals surface area contributed by atoms with E-state index >= 15 is 0 Å². The summed E-state index contributed by atoms with van der Waals surface area (Å²) < 4.78 is 26.7. The van der Waals surface area contributed by atoms with Crippen LogP contribution in [-0.2, 0) is 15.0 Å². The summed E-state index contributed by atoms with van der Waals surface area (Å²) in [5.41, 5.74) is 0.942. The van der Waals surface area contributed by atoms with Gasteiger partial charge in [-0.25, -0.2) is 9.03 Å². The molecule has 0 aliphatic carbocycles. The van der Waals surface area contributed by atoms with Gasteiger partial charge in [0.25, 0.3) is 5.91 Å². The molecule has 8 heteroatoms. The second kappa shape index (κ2) is 6.45. The standard InChI is InChI=1S/C17H15N3O4S/c18-7-3-1-2-4-12-5-6-13-10-16(21)15(9-14(13)8-12)20-11-17(22)19-25(20,23)24/h2,4-6,8-10,21H,1,3,11H2,(H,19,22). The molecule has 0 unspecified atom stereocenters. The van der Waals surface area contributed by atoms with Crippen LogP contribution in [0.15, 0.2) is 36.4 Å². The molecule has 0 aromatic heterocycles. The highest BCUT2D eigenvalue weighted by molar-refractivity contribution is 7.92. The third kappa shape index (κ3) is 3.41. The fourth-order valence-corrected chi connectivity index (χ4v) is 3.78. The molecule has 1 aliphatic rings. The molecule has 0 radical (unpaired) electrons. The summed E-state index contributed by atoms with van der Waals surface area (Å²) in [5, 5.41) is 20.2. The van der Waals surface area contributed by atoms with E-state index in [4.69, 9.17) is 5.26 Å². The van der Waals surface area contributed by atoms with Gasteiger partial charge in [0, 0.05) is 6.42 Å². The Balaban J connectivity index is 2.01. The minimum Gasteiger partial charge on any atom is -0.506 e. The maximum absolute atomic E-state index is 12.0. The lowest BCUT2D eigenvalue weighted by Crippen LogP contribution is -2.29. The van der Waals surface area contributed by atoms with Crippen molar-refractivity contribution in [2.75, 3.05) is 10.8 Å². The van der Waals surface area contributed by atoms with E-state index in [1.54, 1.807) is 0 Å². The number of aromatic hydroxyl groups is 1. The Labute approximate surface area is 145 Å². The number of nitriles is 1. The van der Waals surface area contributed by atoms with Gasteiger partial charge < -0.3 is 5.11 Å². The van der Waals surface area contributed by atoms with E-state index in [2.05, 4.69) is 6.07 Å². The van der Waals surface area contributed by atoms with E-state index in [0.29, 0.717) is 12.8 Å². The van der Waals surface area contributed by atoms with Gasteiger partial charge in [0.1, 0.15) is 12.3 Å². The van der Waals surface area contributed by atoms with Gasteiger partial charge in [-0.2, -0.15) is 13.7 Å². The average Bonchev–Trinajstić information content (AvgIpc) is 2.83. The highest BCUT2D eigenvalue weighted by atomic mass is 32.2. The van der Waals surface area contributed by atoms with E-state index in [1.807, 2.05) is 35.1 Å². The second-order valence-corrected chi connectivity index (χ2v) is 7.18. The van der Waals surface area contributed by atoms with Gasteiger partial charge in [-0.1, -0.05) is 24.3 Å². The Bertz CT molecular complexity index is 1020.